The van der Waals surface area contributed by atoms with Crippen molar-refractivity contribution >= 4 is 21.8 Å². The summed E-state index contributed by atoms with van der Waals surface area (Å²) >= 11 is 0. The fraction of sp³-hybridized carbons (Fsp3) is 0.333. The van der Waals surface area contributed by atoms with Crippen LogP contribution >= 0.6 is 0 Å². The number of aliphatic hydroxyl groups is 1. The lowest BCUT2D eigenvalue weighted by molar-refractivity contribution is 0.299. The zero-order valence-corrected chi connectivity index (χ0v) is 10.1. The van der Waals surface area contributed by atoms with Crippen LogP contribution < -0.4 is 11.5 Å². The highest BCUT2D eigenvalue weighted by molar-refractivity contribution is 7.79. The minimum absolute atomic E-state index is 0.106. The molecule has 1 aromatic rings. The highest BCUT2D eigenvalue weighted by Gasteiger charge is 2.04. The molecule has 0 amide bonds. The molecule has 0 radical (unpaired) electrons. The molecule has 98 valence electrons. The Hall–Kier alpha value is -1.35. The Balaban J connectivity index is 0.000000437. The first kappa shape index (κ1) is 15.7. The predicted molar refractivity (Wildman–Crippen MR) is 65.0 cm³/mol. The zero-order chi connectivity index (χ0) is 13.6. The van der Waals surface area contributed by atoms with Crippen LogP contribution in [0.1, 0.15) is 11.1 Å². The van der Waals surface area contributed by atoms with Crippen molar-refractivity contribution in [1.82, 2.24) is 0 Å². The molecule has 0 aliphatic carbocycles. The third-order valence-electron chi connectivity index (χ3n) is 2.04. The Morgan fingerprint density at radius 3 is 2.00 bits per heavy atom. The van der Waals surface area contributed by atoms with Crippen LogP contribution in [0.5, 0.6) is 0 Å². The third kappa shape index (κ3) is 6.74. The number of aliphatic hydroxyl groups excluding tert-OH is 1. The van der Waals surface area contributed by atoms with Crippen LogP contribution in [0, 0.1) is 6.92 Å². The van der Waals surface area contributed by atoms with Crippen LogP contribution in [0.25, 0.3) is 0 Å². The molecule has 0 spiro atoms. The summed E-state index contributed by atoms with van der Waals surface area (Å²) in [4.78, 5) is 0. The molecular formula is C9H16N2O5S. The Morgan fingerprint density at radius 1 is 1.18 bits per heavy atom. The molecule has 17 heavy (non-hydrogen) atoms. The van der Waals surface area contributed by atoms with E-state index in [1.807, 2.05) is 6.92 Å². The normalized spacial score (nSPS) is 10.6. The average molecular weight is 264 g/mol. The summed E-state index contributed by atoms with van der Waals surface area (Å²) < 4.78 is 31.6. The van der Waals surface area contributed by atoms with Gasteiger partial charge in [0.1, 0.15) is 0 Å². The van der Waals surface area contributed by atoms with E-state index in [4.69, 9.17) is 34.1 Å². The smallest absolute Gasteiger partial charge is 0.394 e. The maximum Gasteiger partial charge on any atom is 0.394 e. The second kappa shape index (κ2) is 6.40. The van der Waals surface area contributed by atoms with E-state index in [0.717, 1.165) is 16.8 Å². The number of rotatable bonds is 2. The van der Waals surface area contributed by atoms with Crippen molar-refractivity contribution in [1.29, 1.82) is 0 Å². The topological polar surface area (TPSA) is 147 Å². The lowest BCUT2D eigenvalue weighted by Crippen LogP contribution is -2.03. The van der Waals surface area contributed by atoms with Crippen molar-refractivity contribution in [2.24, 2.45) is 0 Å². The van der Waals surface area contributed by atoms with E-state index in [1.54, 1.807) is 12.1 Å². The number of nitrogens with two attached hydrogens (primary N) is 2. The average Bonchev–Trinajstić information content (AvgIpc) is 2.16. The summed E-state index contributed by atoms with van der Waals surface area (Å²) in [6.07, 6.45) is 0.572. The maximum absolute atomic E-state index is 8.76. The van der Waals surface area contributed by atoms with Crippen LogP contribution in [0.15, 0.2) is 12.1 Å². The molecule has 7 nitrogen and oxygen atoms in total. The Bertz CT molecular complexity index is 465. The van der Waals surface area contributed by atoms with Crippen LogP contribution in [0.3, 0.4) is 0 Å². The van der Waals surface area contributed by atoms with Gasteiger partial charge in [-0.15, -0.1) is 0 Å². The van der Waals surface area contributed by atoms with Gasteiger partial charge in [-0.3, -0.25) is 9.11 Å². The van der Waals surface area contributed by atoms with Gasteiger partial charge in [0.2, 0.25) is 0 Å². The molecule has 0 bridgehead atoms. The minimum atomic E-state index is -4.67. The fourth-order valence-corrected chi connectivity index (χ4v) is 1.24. The summed E-state index contributed by atoms with van der Waals surface area (Å²) in [7, 11) is -4.67. The zero-order valence-electron chi connectivity index (χ0n) is 9.29. The molecule has 0 aliphatic rings. The summed E-state index contributed by atoms with van der Waals surface area (Å²) in [5.74, 6) is 0. The summed E-state index contributed by atoms with van der Waals surface area (Å²) in [5.41, 5.74) is 14.8. The largest absolute Gasteiger partial charge is 0.399 e. The van der Waals surface area contributed by atoms with E-state index >= 15 is 0 Å². The molecule has 0 saturated heterocycles. The van der Waals surface area contributed by atoms with Crippen LogP contribution in [-0.4, -0.2) is 29.2 Å². The standard InChI is InChI=1S/C9H14N2O.H2O4S/c1-6-7(4-5-12)9(11)3-2-8(6)10;1-5(2,3)4/h2-3,12H,4-5,10-11H2,1H3;(H2,1,2,3,4). The Kier molecular flexibility index (Phi) is 5.89. The van der Waals surface area contributed by atoms with Gasteiger partial charge in [0.25, 0.3) is 0 Å². The second-order valence-electron chi connectivity index (χ2n) is 3.27. The third-order valence-corrected chi connectivity index (χ3v) is 2.04. The summed E-state index contributed by atoms with van der Waals surface area (Å²) in [6, 6.07) is 3.55. The molecule has 0 unspecified atom stereocenters. The van der Waals surface area contributed by atoms with E-state index in [0.29, 0.717) is 12.1 Å². The van der Waals surface area contributed by atoms with E-state index in [9.17, 15) is 0 Å². The SMILES string of the molecule is Cc1c(N)ccc(N)c1CCO.O=S(=O)(O)O. The van der Waals surface area contributed by atoms with Crippen molar-refractivity contribution in [3.05, 3.63) is 23.3 Å². The van der Waals surface area contributed by atoms with Crippen molar-refractivity contribution in [2.75, 3.05) is 18.1 Å². The van der Waals surface area contributed by atoms with Crippen LogP contribution in [0.4, 0.5) is 11.4 Å². The lowest BCUT2D eigenvalue weighted by atomic mass is 10.0. The number of anilines is 2. The minimum Gasteiger partial charge on any atom is -0.399 e. The number of benzene rings is 1. The number of nitrogen functional groups attached to an aromatic ring is 2. The first-order valence-electron chi connectivity index (χ1n) is 4.61. The molecule has 8 heteroatoms. The van der Waals surface area contributed by atoms with Crippen molar-refractivity contribution in [3.8, 4) is 0 Å². The van der Waals surface area contributed by atoms with Gasteiger partial charge in [-0.25, -0.2) is 0 Å². The molecule has 0 fully saturated rings. The van der Waals surface area contributed by atoms with E-state index in [1.165, 1.54) is 0 Å². The van der Waals surface area contributed by atoms with Crippen LogP contribution in [0.2, 0.25) is 0 Å². The van der Waals surface area contributed by atoms with Gasteiger partial charge in [-0.1, -0.05) is 0 Å². The van der Waals surface area contributed by atoms with Crippen molar-refractivity contribution in [2.45, 2.75) is 13.3 Å². The van der Waals surface area contributed by atoms with Crippen molar-refractivity contribution < 1.29 is 22.6 Å². The van der Waals surface area contributed by atoms with Gasteiger partial charge in [-0.2, -0.15) is 8.42 Å². The molecule has 0 aromatic heterocycles. The molecule has 1 aromatic carbocycles. The van der Waals surface area contributed by atoms with Gasteiger partial charge >= 0.3 is 10.4 Å². The summed E-state index contributed by atoms with van der Waals surface area (Å²) in [6.45, 7) is 2.02. The van der Waals surface area contributed by atoms with Gasteiger partial charge in [0.15, 0.2) is 0 Å². The van der Waals surface area contributed by atoms with Gasteiger partial charge in [0.05, 0.1) is 0 Å². The Morgan fingerprint density at radius 2 is 1.59 bits per heavy atom. The highest BCUT2D eigenvalue weighted by Crippen LogP contribution is 2.22. The van der Waals surface area contributed by atoms with E-state index < -0.39 is 10.4 Å². The first-order valence-corrected chi connectivity index (χ1v) is 6.00. The van der Waals surface area contributed by atoms with Crippen molar-refractivity contribution in [3.63, 3.8) is 0 Å². The molecule has 0 heterocycles. The maximum atomic E-state index is 8.76. The Labute approximate surface area is 99.6 Å². The van der Waals surface area contributed by atoms with E-state index in [-0.39, 0.29) is 6.61 Å². The number of hydrogen-bond donors (Lipinski definition) is 5. The van der Waals surface area contributed by atoms with Crippen LogP contribution in [-0.2, 0) is 16.8 Å². The lowest BCUT2D eigenvalue weighted by Gasteiger charge is -2.09. The molecule has 0 atom stereocenters. The van der Waals surface area contributed by atoms with Gasteiger partial charge < -0.3 is 16.6 Å². The molecule has 0 saturated carbocycles. The molecule has 0 aliphatic heterocycles. The quantitative estimate of drug-likeness (QED) is 0.374. The highest BCUT2D eigenvalue weighted by atomic mass is 32.3. The second-order valence-corrected chi connectivity index (χ2v) is 4.16. The fourth-order valence-electron chi connectivity index (χ4n) is 1.24. The first-order chi connectivity index (χ1) is 7.66. The molecule has 1 rings (SSSR count). The molecular weight excluding hydrogens is 248 g/mol. The van der Waals surface area contributed by atoms with Gasteiger partial charge in [-0.05, 0) is 36.6 Å². The predicted octanol–water partition coefficient (Wildman–Crippen LogP) is 0.0414. The monoisotopic (exact) mass is 264 g/mol. The number of hydrogen-bond acceptors (Lipinski definition) is 5. The molecule has 7 N–H and O–H groups in total. The van der Waals surface area contributed by atoms with Gasteiger partial charge in [0, 0.05) is 18.0 Å². The summed E-state index contributed by atoms with van der Waals surface area (Å²) in [5, 5.41) is 8.76. The van der Waals surface area contributed by atoms with E-state index in [2.05, 4.69) is 0 Å².